The van der Waals surface area contributed by atoms with Crippen molar-refractivity contribution in [2.45, 2.75) is 13.0 Å². The molecule has 6 heteroatoms. The van der Waals surface area contributed by atoms with Crippen molar-refractivity contribution >= 4 is 17.6 Å². The van der Waals surface area contributed by atoms with Crippen LogP contribution in [0.2, 0.25) is 0 Å². The van der Waals surface area contributed by atoms with Crippen molar-refractivity contribution in [1.29, 1.82) is 0 Å². The van der Waals surface area contributed by atoms with Crippen molar-refractivity contribution in [2.75, 3.05) is 5.32 Å². The largest absolute Gasteiger partial charge is 0.372 e. The molecule has 0 aliphatic heterocycles. The summed E-state index contributed by atoms with van der Waals surface area (Å²) in [5.74, 6) is -1.09. The normalized spacial score (nSPS) is 11.6. The standard InChI is InChI=1S/C10H12FN3O2/c1-6(9(15)14-10(12)16)13-8-5-3-2-4-7(8)11/h2-6,13H,1H3,(H3,12,14,15,16). The lowest BCUT2D eigenvalue weighted by atomic mass is 10.2. The number of benzene rings is 1. The molecule has 1 aromatic carbocycles. The van der Waals surface area contributed by atoms with Crippen LogP contribution in [-0.4, -0.2) is 18.0 Å². The van der Waals surface area contributed by atoms with Crippen LogP contribution in [0.5, 0.6) is 0 Å². The third-order valence-electron chi connectivity index (χ3n) is 1.89. The fraction of sp³-hybridized carbons (Fsp3) is 0.200. The van der Waals surface area contributed by atoms with E-state index in [9.17, 15) is 14.0 Å². The van der Waals surface area contributed by atoms with Gasteiger partial charge in [-0.3, -0.25) is 10.1 Å². The number of nitrogens with one attached hydrogen (secondary N) is 2. The van der Waals surface area contributed by atoms with Gasteiger partial charge < -0.3 is 11.1 Å². The first-order valence-corrected chi connectivity index (χ1v) is 4.62. The Morgan fingerprint density at radius 1 is 1.38 bits per heavy atom. The minimum atomic E-state index is -0.938. The second-order valence-electron chi connectivity index (χ2n) is 3.20. The van der Waals surface area contributed by atoms with E-state index in [0.29, 0.717) is 0 Å². The Morgan fingerprint density at radius 3 is 2.56 bits per heavy atom. The Morgan fingerprint density at radius 2 is 2.00 bits per heavy atom. The van der Waals surface area contributed by atoms with Crippen molar-refractivity contribution in [3.05, 3.63) is 30.1 Å². The molecule has 4 N–H and O–H groups in total. The first-order valence-electron chi connectivity index (χ1n) is 4.62. The van der Waals surface area contributed by atoms with Gasteiger partial charge in [0.15, 0.2) is 0 Å². The number of primary amides is 1. The van der Waals surface area contributed by atoms with Crippen LogP contribution in [0.15, 0.2) is 24.3 Å². The number of anilines is 1. The average Bonchev–Trinajstić information content (AvgIpc) is 2.20. The number of hydrogen-bond donors (Lipinski definition) is 3. The number of rotatable bonds is 3. The van der Waals surface area contributed by atoms with Gasteiger partial charge >= 0.3 is 6.03 Å². The topological polar surface area (TPSA) is 84.2 Å². The second-order valence-corrected chi connectivity index (χ2v) is 3.20. The number of hydrogen-bond acceptors (Lipinski definition) is 3. The smallest absolute Gasteiger partial charge is 0.318 e. The number of carbonyl (C=O) groups is 2. The summed E-state index contributed by atoms with van der Waals surface area (Å²) in [5, 5.41) is 4.52. The minimum absolute atomic E-state index is 0.189. The Labute approximate surface area is 91.8 Å². The van der Waals surface area contributed by atoms with Crippen LogP contribution in [0.3, 0.4) is 0 Å². The van der Waals surface area contributed by atoms with Crippen LogP contribution in [0.25, 0.3) is 0 Å². The Bertz CT molecular complexity index is 409. The fourth-order valence-electron chi connectivity index (χ4n) is 1.11. The van der Waals surface area contributed by atoms with Gasteiger partial charge in [0.25, 0.3) is 0 Å². The maximum Gasteiger partial charge on any atom is 0.318 e. The average molecular weight is 225 g/mol. The van der Waals surface area contributed by atoms with Gasteiger partial charge in [-0.15, -0.1) is 0 Å². The highest BCUT2D eigenvalue weighted by atomic mass is 19.1. The van der Waals surface area contributed by atoms with E-state index < -0.39 is 23.8 Å². The monoisotopic (exact) mass is 225 g/mol. The van der Waals surface area contributed by atoms with Crippen LogP contribution in [0, 0.1) is 5.82 Å². The molecule has 0 radical (unpaired) electrons. The zero-order valence-electron chi connectivity index (χ0n) is 8.66. The maximum atomic E-state index is 13.2. The lowest BCUT2D eigenvalue weighted by molar-refractivity contribution is -0.120. The summed E-state index contributed by atoms with van der Waals surface area (Å²) < 4.78 is 13.2. The Hall–Kier alpha value is -2.11. The molecule has 0 aliphatic rings. The van der Waals surface area contributed by atoms with E-state index >= 15 is 0 Å². The second kappa shape index (κ2) is 5.11. The molecule has 0 spiro atoms. The molecule has 0 saturated heterocycles. The van der Waals surface area contributed by atoms with Gasteiger partial charge in [-0.1, -0.05) is 12.1 Å². The summed E-state index contributed by atoms with van der Waals surface area (Å²) in [4.78, 5) is 21.7. The highest BCUT2D eigenvalue weighted by Crippen LogP contribution is 2.13. The van der Waals surface area contributed by atoms with Crippen molar-refractivity contribution in [1.82, 2.24) is 5.32 Å². The van der Waals surface area contributed by atoms with E-state index in [-0.39, 0.29) is 5.69 Å². The van der Waals surface area contributed by atoms with Gasteiger partial charge in [-0.2, -0.15) is 0 Å². The van der Waals surface area contributed by atoms with E-state index in [0.717, 1.165) is 0 Å². The minimum Gasteiger partial charge on any atom is -0.372 e. The summed E-state index contributed by atoms with van der Waals surface area (Å²) in [6, 6.07) is 4.22. The first-order chi connectivity index (χ1) is 7.50. The van der Waals surface area contributed by atoms with Crippen LogP contribution in [0.1, 0.15) is 6.92 Å². The predicted octanol–water partition coefficient (Wildman–Crippen LogP) is 0.821. The molecule has 5 nitrogen and oxygen atoms in total. The van der Waals surface area contributed by atoms with E-state index in [1.807, 2.05) is 5.32 Å². The van der Waals surface area contributed by atoms with Gasteiger partial charge in [0.1, 0.15) is 11.9 Å². The van der Waals surface area contributed by atoms with Gasteiger partial charge in [-0.25, -0.2) is 9.18 Å². The molecule has 1 aromatic rings. The number of amides is 3. The van der Waals surface area contributed by atoms with E-state index in [1.165, 1.54) is 25.1 Å². The number of halogens is 1. The maximum absolute atomic E-state index is 13.2. The molecular formula is C10H12FN3O2. The first kappa shape index (κ1) is 12.0. The molecule has 86 valence electrons. The molecule has 0 aromatic heterocycles. The van der Waals surface area contributed by atoms with Gasteiger partial charge in [0.2, 0.25) is 5.91 Å². The van der Waals surface area contributed by atoms with Gasteiger partial charge in [0, 0.05) is 0 Å². The Kier molecular flexibility index (Phi) is 3.82. The lowest BCUT2D eigenvalue weighted by Crippen LogP contribution is -2.43. The molecular weight excluding hydrogens is 213 g/mol. The van der Waals surface area contributed by atoms with Crippen LogP contribution in [0.4, 0.5) is 14.9 Å². The number of nitrogens with two attached hydrogens (primary N) is 1. The van der Waals surface area contributed by atoms with Crippen LogP contribution >= 0.6 is 0 Å². The SMILES string of the molecule is CC(Nc1ccccc1F)C(=O)NC(N)=O. The molecule has 0 heterocycles. The molecule has 16 heavy (non-hydrogen) atoms. The van der Waals surface area contributed by atoms with E-state index in [2.05, 4.69) is 5.32 Å². The summed E-state index contributed by atoms with van der Waals surface area (Å²) in [5.41, 5.74) is 4.97. The quantitative estimate of drug-likeness (QED) is 0.712. The zero-order chi connectivity index (χ0) is 12.1. The molecule has 0 saturated carbocycles. The summed E-state index contributed by atoms with van der Waals surface area (Å²) >= 11 is 0. The molecule has 0 bridgehead atoms. The number of para-hydroxylation sites is 1. The summed E-state index contributed by atoms with van der Waals surface area (Å²) in [7, 11) is 0. The summed E-state index contributed by atoms with van der Waals surface area (Å²) in [6.07, 6.45) is 0. The van der Waals surface area contributed by atoms with Crippen molar-refractivity contribution in [3.8, 4) is 0 Å². The Balaban J connectivity index is 2.64. The number of imide groups is 1. The third-order valence-corrected chi connectivity index (χ3v) is 1.89. The van der Waals surface area contributed by atoms with Crippen molar-refractivity contribution < 1.29 is 14.0 Å². The predicted molar refractivity (Wildman–Crippen MR) is 57.2 cm³/mol. The molecule has 1 unspecified atom stereocenters. The highest BCUT2D eigenvalue weighted by Gasteiger charge is 2.15. The van der Waals surface area contributed by atoms with Crippen molar-refractivity contribution in [2.24, 2.45) is 5.73 Å². The fourth-order valence-corrected chi connectivity index (χ4v) is 1.11. The van der Waals surface area contributed by atoms with E-state index in [1.54, 1.807) is 6.07 Å². The number of carbonyl (C=O) groups excluding carboxylic acids is 2. The van der Waals surface area contributed by atoms with Crippen molar-refractivity contribution in [3.63, 3.8) is 0 Å². The number of urea groups is 1. The van der Waals surface area contributed by atoms with Gasteiger partial charge in [0.05, 0.1) is 5.69 Å². The molecule has 0 aliphatic carbocycles. The highest BCUT2D eigenvalue weighted by molar-refractivity contribution is 5.97. The van der Waals surface area contributed by atoms with E-state index in [4.69, 9.17) is 5.73 Å². The summed E-state index contributed by atoms with van der Waals surface area (Å²) in [6.45, 7) is 1.49. The molecule has 1 atom stereocenters. The molecule has 0 fully saturated rings. The lowest BCUT2D eigenvalue weighted by Gasteiger charge is -2.14. The third kappa shape index (κ3) is 3.23. The van der Waals surface area contributed by atoms with Crippen LogP contribution < -0.4 is 16.4 Å². The van der Waals surface area contributed by atoms with Gasteiger partial charge in [-0.05, 0) is 19.1 Å². The molecule has 3 amide bonds. The molecule has 1 rings (SSSR count). The zero-order valence-corrected chi connectivity index (χ0v) is 8.66. The van der Waals surface area contributed by atoms with Crippen LogP contribution in [-0.2, 0) is 4.79 Å².